The normalized spacial score (nSPS) is 15.3. The number of hydrogen-bond acceptors (Lipinski definition) is 1. The van der Waals surface area contributed by atoms with Gasteiger partial charge in [0.1, 0.15) is 0 Å². The number of rotatable bonds is 1. The molecule has 0 saturated heterocycles. The Hall–Kier alpha value is -0.380. The molecule has 0 fully saturated rings. The Morgan fingerprint density at radius 1 is 1.44 bits per heavy atom. The molecule has 0 aliphatic carbocycles. The third kappa shape index (κ3) is 5.49. The molecule has 0 radical (unpaired) electrons. The molecule has 0 aromatic heterocycles. The van der Waals surface area contributed by atoms with Gasteiger partial charge in [-0.15, -0.1) is 0 Å². The van der Waals surface area contributed by atoms with Gasteiger partial charge in [0, 0.05) is 7.05 Å². The van der Waals surface area contributed by atoms with Crippen LogP contribution in [0.2, 0.25) is 0 Å². The minimum absolute atomic E-state index is 0.525. The summed E-state index contributed by atoms with van der Waals surface area (Å²) in [6, 6.07) is 0. The van der Waals surface area contributed by atoms with Crippen LogP contribution in [0.25, 0.3) is 0 Å². The first-order valence-corrected chi connectivity index (χ1v) is 5.50. The van der Waals surface area contributed by atoms with Crippen LogP contribution in [-0.2, 0) is 0 Å². The molecular formula is C5H15N3S. The van der Waals surface area contributed by atoms with Gasteiger partial charge in [-0.05, 0) is 18.8 Å². The van der Waals surface area contributed by atoms with Crippen LogP contribution in [0.3, 0.4) is 0 Å². The highest BCUT2D eigenvalue weighted by atomic mass is 32.3. The fourth-order valence-electron chi connectivity index (χ4n) is 0.359. The molecule has 0 aromatic carbocycles. The van der Waals surface area contributed by atoms with E-state index >= 15 is 0 Å². The second kappa shape index (κ2) is 2.96. The summed E-state index contributed by atoms with van der Waals surface area (Å²) in [5, 5.41) is 0. The number of nitrogens with one attached hydrogen (secondary N) is 1. The molecule has 3 N–H and O–H groups in total. The highest BCUT2D eigenvalue weighted by Crippen LogP contribution is 2.27. The van der Waals surface area contributed by atoms with Crippen molar-refractivity contribution in [3.8, 4) is 0 Å². The third-order valence-corrected chi connectivity index (χ3v) is 1.47. The lowest BCUT2D eigenvalue weighted by Gasteiger charge is -2.26. The summed E-state index contributed by atoms with van der Waals surface area (Å²) in [5.74, 6) is 0.525. The van der Waals surface area contributed by atoms with Crippen LogP contribution in [0, 0.1) is 0 Å². The second-order valence-electron chi connectivity index (χ2n) is 2.55. The molecule has 0 aliphatic rings. The van der Waals surface area contributed by atoms with Gasteiger partial charge in [-0.2, -0.15) is 10.2 Å². The van der Waals surface area contributed by atoms with E-state index in [1.165, 1.54) is 0 Å². The Morgan fingerprint density at radius 3 is 2.00 bits per heavy atom. The number of nitrogens with zero attached hydrogens (tertiary/aromatic N) is 1. The van der Waals surface area contributed by atoms with Crippen LogP contribution in [0.5, 0.6) is 0 Å². The Kier molecular flexibility index (Phi) is 2.84. The van der Waals surface area contributed by atoms with Gasteiger partial charge in [0.25, 0.3) is 0 Å². The molecule has 0 saturated carbocycles. The lowest BCUT2D eigenvalue weighted by atomic mass is 11.1. The summed E-state index contributed by atoms with van der Waals surface area (Å²) in [5.41, 5.74) is 5.42. The standard InChI is InChI=1S/C5H15N3S/c1-7-5(6)8-9(2,3)4/h1-4H3,(H3,6,7,8). The zero-order valence-corrected chi connectivity index (χ0v) is 7.25. The molecule has 0 aromatic rings. The van der Waals surface area contributed by atoms with Gasteiger partial charge in [0.15, 0.2) is 5.96 Å². The van der Waals surface area contributed by atoms with Gasteiger partial charge < -0.3 is 10.5 Å². The molecule has 0 spiro atoms. The van der Waals surface area contributed by atoms with Crippen molar-refractivity contribution in [3.63, 3.8) is 0 Å². The van der Waals surface area contributed by atoms with Gasteiger partial charge in [0.2, 0.25) is 0 Å². The van der Waals surface area contributed by atoms with Crippen molar-refractivity contribution in [2.24, 2.45) is 10.7 Å². The van der Waals surface area contributed by atoms with Crippen molar-refractivity contribution >= 4 is 16.2 Å². The highest BCUT2D eigenvalue weighted by Gasteiger charge is 2.01. The van der Waals surface area contributed by atoms with E-state index in [1.54, 1.807) is 7.05 Å². The van der Waals surface area contributed by atoms with Crippen molar-refractivity contribution < 1.29 is 0 Å². The minimum Gasteiger partial charge on any atom is -0.369 e. The number of guanidine groups is 1. The molecule has 0 rings (SSSR count). The molecule has 4 heteroatoms. The predicted molar refractivity (Wildman–Crippen MR) is 46.0 cm³/mol. The predicted octanol–water partition coefficient (Wildman–Crippen LogP) is 0.130. The molecule has 56 valence electrons. The van der Waals surface area contributed by atoms with E-state index in [0.29, 0.717) is 5.96 Å². The Labute approximate surface area is 58.2 Å². The molecule has 3 nitrogen and oxygen atoms in total. The Balaban J connectivity index is 3.75. The van der Waals surface area contributed by atoms with Crippen molar-refractivity contribution in [1.29, 1.82) is 0 Å². The van der Waals surface area contributed by atoms with Gasteiger partial charge in [-0.3, -0.25) is 4.99 Å². The molecule has 9 heavy (non-hydrogen) atoms. The second-order valence-corrected chi connectivity index (χ2v) is 6.43. The third-order valence-electron chi connectivity index (χ3n) is 0.652. The highest BCUT2D eigenvalue weighted by molar-refractivity contribution is 8.30. The quantitative estimate of drug-likeness (QED) is 0.411. The first-order valence-electron chi connectivity index (χ1n) is 2.64. The number of nitrogens with two attached hydrogens (primary N) is 1. The maximum Gasteiger partial charge on any atom is 0.197 e. The fourth-order valence-corrected chi connectivity index (χ4v) is 1.08. The van der Waals surface area contributed by atoms with Crippen LogP contribution in [0.15, 0.2) is 4.99 Å². The molecule has 0 unspecified atom stereocenters. The maximum atomic E-state index is 5.42. The largest absolute Gasteiger partial charge is 0.369 e. The van der Waals surface area contributed by atoms with E-state index in [4.69, 9.17) is 5.73 Å². The first kappa shape index (κ1) is 8.62. The van der Waals surface area contributed by atoms with E-state index in [-0.39, 0.29) is 0 Å². The molecular weight excluding hydrogens is 134 g/mol. The molecule has 0 heterocycles. The van der Waals surface area contributed by atoms with E-state index in [0.717, 1.165) is 0 Å². The summed E-state index contributed by atoms with van der Waals surface area (Å²) >= 11 is 0. The zero-order valence-electron chi connectivity index (χ0n) is 6.43. The van der Waals surface area contributed by atoms with Crippen LogP contribution in [0.1, 0.15) is 0 Å². The first-order chi connectivity index (χ1) is 3.95. The zero-order chi connectivity index (χ0) is 7.49. The van der Waals surface area contributed by atoms with Gasteiger partial charge in [0.05, 0.1) is 0 Å². The summed E-state index contributed by atoms with van der Waals surface area (Å²) in [7, 11) is 0.933. The Bertz CT molecular complexity index is 114. The van der Waals surface area contributed by atoms with Crippen molar-refractivity contribution in [2.75, 3.05) is 25.8 Å². The average molecular weight is 149 g/mol. The molecule has 0 bridgehead atoms. The molecule has 0 amide bonds. The molecule has 0 aliphatic heterocycles. The van der Waals surface area contributed by atoms with E-state index < -0.39 is 10.2 Å². The monoisotopic (exact) mass is 149 g/mol. The van der Waals surface area contributed by atoms with Crippen LogP contribution in [-0.4, -0.2) is 31.8 Å². The number of aliphatic imine (C=N–C) groups is 1. The van der Waals surface area contributed by atoms with Crippen LogP contribution < -0.4 is 10.5 Å². The lowest BCUT2D eigenvalue weighted by molar-refractivity contribution is 1.30. The maximum absolute atomic E-state index is 5.42. The van der Waals surface area contributed by atoms with Gasteiger partial charge >= 0.3 is 0 Å². The summed E-state index contributed by atoms with van der Waals surface area (Å²) < 4.78 is 3.08. The van der Waals surface area contributed by atoms with E-state index in [1.807, 2.05) is 0 Å². The smallest absolute Gasteiger partial charge is 0.197 e. The summed E-state index contributed by atoms with van der Waals surface area (Å²) in [6.45, 7) is 0. The van der Waals surface area contributed by atoms with Gasteiger partial charge in [-0.1, -0.05) is 0 Å². The summed E-state index contributed by atoms with van der Waals surface area (Å²) in [4.78, 5) is 3.78. The van der Waals surface area contributed by atoms with Crippen molar-refractivity contribution in [3.05, 3.63) is 0 Å². The van der Waals surface area contributed by atoms with Gasteiger partial charge in [-0.25, -0.2) is 0 Å². The Morgan fingerprint density at radius 2 is 1.89 bits per heavy atom. The lowest BCUT2D eigenvalue weighted by Crippen LogP contribution is -2.32. The summed E-state index contributed by atoms with van der Waals surface area (Å²) in [6.07, 6.45) is 6.35. The van der Waals surface area contributed by atoms with Crippen molar-refractivity contribution in [1.82, 2.24) is 4.72 Å². The van der Waals surface area contributed by atoms with E-state index in [9.17, 15) is 0 Å². The fraction of sp³-hybridized carbons (Fsp3) is 0.800. The average Bonchev–Trinajstić information content (AvgIpc) is 1.62. The SMILES string of the molecule is CN=C(N)NS(C)(C)C. The van der Waals surface area contributed by atoms with Crippen molar-refractivity contribution in [2.45, 2.75) is 0 Å². The van der Waals surface area contributed by atoms with E-state index in [2.05, 4.69) is 28.5 Å². The number of hydrogen-bond donors (Lipinski definition) is 2. The van der Waals surface area contributed by atoms with Crippen LogP contribution >= 0.6 is 10.2 Å². The topological polar surface area (TPSA) is 50.4 Å². The molecule has 0 atom stereocenters. The van der Waals surface area contributed by atoms with Crippen LogP contribution in [0.4, 0.5) is 0 Å². The minimum atomic E-state index is -0.741.